The molecule has 8 heteroatoms. The molecule has 124 valence electrons. The van der Waals surface area contributed by atoms with E-state index in [1.807, 2.05) is 6.92 Å². The van der Waals surface area contributed by atoms with Gasteiger partial charge in [-0.05, 0) is 26.7 Å². The van der Waals surface area contributed by atoms with Gasteiger partial charge in [0.15, 0.2) is 0 Å². The van der Waals surface area contributed by atoms with Crippen molar-refractivity contribution in [1.29, 1.82) is 0 Å². The Morgan fingerprint density at radius 2 is 1.95 bits per heavy atom. The number of hydrogen-bond acceptors (Lipinski definition) is 4. The van der Waals surface area contributed by atoms with Crippen LogP contribution in [0.5, 0.6) is 0 Å². The van der Waals surface area contributed by atoms with Gasteiger partial charge in [0, 0.05) is 32.6 Å². The predicted molar refractivity (Wildman–Crippen MR) is 82.9 cm³/mol. The number of nitrogens with zero attached hydrogens (tertiary/aromatic N) is 3. The average Bonchev–Trinajstić information content (AvgIpc) is 2.68. The second-order valence-electron chi connectivity index (χ2n) is 5.65. The van der Waals surface area contributed by atoms with Crippen LogP contribution in [0.4, 0.5) is 0 Å². The van der Waals surface area contributed by atoms with E-state index in [-0.39, 0.29) is 10.8 Å². The van der Waals surface area contributed by atoms with Gasteiger partial charge in [0.25, 0.3) is 0 Å². The van der Waals surface area contributed by atoms with Crippen LogP contribution in [0.25, 0.3) is 0 Å². The zero-order chi connectivity index (χ0) is 16.3. The molecule has 0 aromatic carbocycles. The summed E-state index contributed by atoms with van der Waals surface area (Å²) in [5.41, 5.74) is 1.04. The zero-order valence-corrected chi connectivity index (χ0v) is 14.2. The molecule has 1 aromatic rings. The third-order valence-corrected chi connectivity index (χ3v) is 6.09. The molecular weight excluding hydrogens is 304 g/mol. The Labute approximate surface area is 131 Å². The number of amides is 1. The Kier molecular flexibility index (Phi) is 5.23. The Bertz CT molecular complexity index is 619. The molecule has 1 aliphatic heterocycles. The molecular formula is C14H24N4O3S. The molecule has 1 amide bonds. The van der Waals surface area contributed by atoms with Crippen LogP contribution in [-0.4, -0.2) is 59.9 Å². The summed E-state index contributed by atoms with van der Waals surface area (Å²) in [6.45, 7) is 7.20. The molecule has 0 aliphatic carbocycles. The highest BCUT2D eigenvalue weighted by atomic mass is 32.2. The molecule has 0 atom stereocenters. The molecule has 0 spiro atoms. The number of hydrogen-bond donors (Lipinski definition) is 1. The van der Waals surface area contributed by atoms with Crippen LogP contribution in [0.2, 0.25) is 0 Å². The van der Waals surface area contributed by atoms with Crippen molar-refractivity contribution in [2.75, 3.05) is 26.2 Å². The highest BCUT2D eigenvalue weighted by Crippen LogP contribution is 2.22. The Morgan fingerprint density at radius 3 is 2.55 bits per heavy atom. The van der Waals surface area contributed by atoms with E-state index in [1.165, 1.54) is 4.31 Å². The zero-order valence-electron chi connectivity index (χ0n) is 13.4. The van der Waals surface area contributed by atoms with E-state index in [1.54, 1.807) is 18.7 Å². The first-order valence-electron chi connectivity index (χ1n) is 7.67. The van der Waals surface area contributed by atoms with Crippen molar-refractivity contribution >= 4 is 15.9 Å². The Balaban J connectivity index is 2.15. The summed E-state index contributed by atoms with van der Waals surface area (Å²) in [5.74, 6) is 0.109. The summed E-state index contributed by atoms with van der Waals surface area (Å²) in [6, 6.07) is 0. The molecule has 0 saturated carbocycles. The van der Waals surface area contributed by atoms with Crippen molar-refractivity contribution in [3.8, 4) is 0 Å². The molecule has 1 aliphatic rings. The quantitative estimate of drug-likeness (QED) is 0.895. The topological polar surface area (TPSA) is 86.4 Å². The molecule has 0 bridgehead atoms. The minimum Gasteiger partial charge on any atom is -0.341 e. The number of H-pyrrole nitrogens is 1. The second-order valence-corrected chi connectivity index (χ2v) is 7.53. The van der Waals surface area contributed by atoms with Crippen LogP contribution in [0.3, 0.4) is 0 Å². The van der Waals surface area contributed by atoms with E-state index >= 15 is 0 Å². The van der Waals surface area contributed by atoms with Crippen LogP contribution in [0, 0.1) is 13.8 Å². The second kappa shape index (κ2) is 6.78. The van der Waals surface area contributed by atoms with Gasteiger partial charge in [-0.3, -0.25) is 9.89 Å². The largest absolute Gasteiger partial charge is 0.341 e. The summed E-state index contributed by atoms with van der Waals surface area (Å²) < 4.78 is 27.1. The first kappa shape index (κ1) is 17.0. The van der Waals surface area contributed by atoms with Gasteiger partial charge in [0.2, 0.25) is 15.9 Å². The van der Waals surface area contributed by atoms with Gasteiger partial charge in [-0.15, -0.1) is 0 Å². The molecule has 22 heavy (non-hydrogen) atoms. The van der Waals surface area contributed by atoms with Gasteiger partial charge in [-0.2, -0.15) is 9.40 Å². The third kappa shape index (κ3) is 3.33. The van der Waals surface area contributed by atoms with Gasteiger partial charge >= 0.3 is 0 Å². The number of nitrogens with one attached hydrogen (secondary N) is 1. The molecule has 2 heterocycles. The lowest BCUT2D eigenvalue weighted by Crippen LogP contribution is -2.37. The number of carbonyl (C=O) groups is 1. The number of aromatic nitrogens is 2. The number of rotatable bonds is 4. The summed E-state index contributed by atoms with van der Waals surface area (Å²) in [5, 5.41) is 6.69. The Morgan fingerprint density at radius 1 is 1.23 bits per heavy atom. The molecule has 7 nitrogen and oxygen atoms in total. The van der Waals surface area contributed by atoms with Crippen molar-refractivity contribution in [2.45, 2.75) is 44.9 Å². The molecule has 0 radical (unpaired) electrons. The monoisotopic (exact) mass is 328 g/mol. The van der Waals surface area contributed by atoms with E-state index < -0.39 is 10.0 Å². The van der Waals surface area contributed by atoms with E-state index in [0.29, 0.717) is 50.4 Å². The molecule has 0 unspecified atom stereocenters. The lowest BCUT2D eigenvalue weighted by molar-refractivity contribution is -0.131. The van der Waals surface area contributed by atoms with E-state index in [9.17, 15) is 13.2 Å². The first-order chi connectivity index (χ1) is 10.4. The van der Waals surface area contributed by atoms with Crippen LogP contribution < -0.4 is 0 Å². The minimum atomic E-state index is -3.56. The summed E-state index contributed by atoms with van der Waals surface area (Å²) in [4.78, 5) is 14.0. The van der Waals surface area contributed by atoms with Crippen LogP contribution in [0.15, 0.2) is 4.90 Å². The van der Waals surface area contributed by atoms with Crippen molar-refractivity contribution in [3.63, 3.8) is 0 Å². The fourth-order valence-electron chi connectivity index (χ4n) is 2.81. The maximum Gasteiger partial charge on any atom is 0.246 e. The number of aryl methyl sites for hydroxylation is 2. The van der Waals surface area contributed by atoms with Crippen molar-refractivity contribution in [3.05, 3.63) is 11.4 Å². The SMILES string of the molecule is CCCC(=O)N1CCCN(S(=O)(=O)c2c(C)n[nH]c2C)CC1. The van der Waals surface area contributed by atoms with Gasteiger partial charge < -0.3 is 4.90 Å². The predicted octanol–water partition coefficient (Wildman–Crippen LogP) is 1.05. The summed E-state index contributed by atoms with van der Waals surface area (Å²) in [6.07, 6.45) is 1.99. The van der Waals surface area contributed by atoms with Crippen LogP contribution in [-0.2, 0) is 14.8 Å². The number of aromatic amines is 1. The fraction of sp³-hybridized carbons (Fsp3) is 0.714. The van der Waals surface area contributed by atoms with Gasteiger partial charge in [0.1, 0.15) is 4.90 Å². The summed E-state index contributed by atoms with van der Waals surface area (Å²) in [7, 11) is -3.56. The number of sulfonamides is 1. The van der Waals surface area contributed by atoms with E-state index in [2.05, 4.69) is 10.2 Å². The molecule has 2 rings (SSSR count). The molecule has 1 N–H and O–H groups in total. The van der Waals surface area contributed by atoms with E-state index in [4.69, 9.17) is 0 Å². The molecule has 1 saturated heterocycles. The highest BCUT2D eigenvalue weighted by Gasteiger charge is 2.31. The van der Waals surface area contributed by atoms with Gasteiger partial charge in [0.05, 0.1) is 11.4 Å². The molecule has 1 aromatic heterocycles. The van der Waals surface area contributed by atoms with Crippen molar-refractivity contribution < 1.29 is 13.2 Å². The van der Waals surface area contributed by atoms with Gasteiger partial charge in [-0.25, -0.2) is 8.42 Å². The standard InChI is InChI=1S/C14H24N4O3S/c1-4-6-13(19)17-7-5-8-18(10-9-17)22(20,21)14-11(2)15-16-12(14)3/h4-10H2,1-3H3,(H,15,16). The highest BCUT2D eigenvalue weighted by molar-refractivity contribution is 7.89. The lowest BCUT2D eigenvalue weighted by Gasteiger charge is -2.22. The molecule has 1 fully saturated rings. The normalized spacial score (nSPS) is 17.5. The smallest absolute Gasteiger partial charge is 0.246 e. The van der Waals surface area contributed by atoms with Crippen LogP contribution in [0.1, 0.15) is 37.6 Å². The van der Waals surface area contributed by atoms with Gasteiger partial charge in [-0.1, -0.05) is 6.92 Å². The van der Waals surface area contributed by atoms with Crippen molar-refractivity contribution in [2.24, 2.45) is 0 Å². The first-order valence-corrected chi connectivity index (χ1v) is 9.11. The summed E-state index contributed by atoms with van der Waals surface area (Å²) >= 11 is 0. The number of carbonyl (C=O) groups excluding carboxylic acids is 1. The maximum atomic E-state index is 12.8. The van der Waals surface area contributed by atoms with Crippen LogP contribution >= 0.6 is 0 Å². The lowest BCUT2D eigenvalue weighted by atomic mass is 10.3. The van der Waals surface area contributed by atoms with E-state index in [0.717, 1.165) is 6.42 Å². The maximum absolute atomic E-state index is 12.8. The average molecular weight is 328 g/mol. The minimum absolute atomic E-state index is 0.109. The fourth-order valence-corrected chi connectivity index (χ4v) is 4.61. The third-order valence-electron chi connectivity index (χ3n) is 3.93. The van der Waals surface area contributed by atoms with Crippen molar-refractivity contribution in [1.82, 2.24) is 19.4 Å². The Hall–Kier alpha value is -1.41.